The molecule has 112 valence electrons. The zero-order chi connectivity index (χ0) is 15.4. The molecule has 0 bridgehead atoms. The Balaban J connectivity index is 2.55. The predicted molar refractivity (Wildman–Crippen MR) is 80.8 cm³/mol. The van der Waals surface area contributed by atoms with Crippen molar-refractivity contribution < 1.29 is 14.3 Å². The first-order valence-electron chi connectivity index (χ1n) is 6.67. The second kappa shape index (κ2) is 6.30. The van der Waals surface area contributed by atoms with Crippen LogP contribution in [0.3, 0.4) is 0 Å². The molecule has 0 atom stereocenters. The van der Waals surface area contributed by atoms with Crippen molar-refractivity contribution in [3.63, 3.8) is 0 Å². The van der Waals surface area contributed by atoms with E-state index < -0.39 is 0 Å². The largest absolute Gasteiger partial charge is 0.497 e. The lowest BCUT2D eigenvalue weighted by molar-refractivity contribution is -0.114. The summed E-state index contributed by atoms with van der Waals surface area (Å²) in [5.41, 5.74) is 3.01. The Morgan fingerprint density at radius 1 is 1.33 bits per heavy atom. The highest BCUT2D eigenvalue weighted by atomic mass is 16.5. The molecule has 6 nitrogen and oxygen atoms in total. The maximum atomic E-state index is 11.4. The zero-order valence-corrected chi connectivity index (χ0v) is 12.6. The molecule has 2 N–H and O–H groups in total. The van der Waals surface area contributed by atoms with Crippen molar-refractivity contribution in [3.8, 4) is 22.8 Å². The van der Waals surface area contributed by atoms with E-state index in [1.807, 2.05) is 19.1 Å². The van der Waals surface area contributed by atoms with Crippen molar-refractivity contribution in [2.24, 2.45) is 0 Å². The van der Waals surface area contributed by atoms with Gasteiger partial charge in [0, 0.05) is 18.6 Å². The number of H-pyrrole nitrogens is 1. The molecule has 0 spiro atoms. The first-order chi connectivity index (χ1) is 10.1. The molecule has 0 fully saturated rings. The van der Waals surface area contributed by atoms with E-state index in [1.54, 1.807) is 20.3 Å². The number of amides is 1. The van der Waals surface area contributed by atoms with Crippen LogP contribution < -0.4 is 14.8 Å². The van der Waals surface area contributed by atoms with Gasteiger partial charge >= 0.3 is 0 Å². The summed E-state index contributed by atoms with van der Waals surface area (Å²) in [4.78, 5) is 11.4. The number of nitrogens with zero attached hydrogens (tertiary/aromatic N) is 1. The Morgan fingerprint density at radius 3 is 2.67 bits per heavy atom. The highest BCUT2D eigenvalue weighted by Crippen LogP contribution is 2.37. The predicted octanol–water partition coefficient (Wildman–Crippen LogP) is 2.61. The third kappa shape index (κ3) is 2.99. The van der Waals surface area contributed by atoms with Gasteiger partial charge in [-0.3, -0.25) is 9.89 Å². The van der Waals surface area contributed by atoms with Crippen LogP contribution in [0.2, 0.25) is 0 Å². The smallest absolute Gasteiger partial charge is 0.221 e. The van der Waals surface area contributed by atoms with Crippen molar-refractivity contribution in [1.29, 1.82) is 0 Å². The Morgan fingerprint density at radius 2 is 2.10 bits per heavy atom. The summed E-state index contributed by atoms with van der Waals surface area (Å²) in [5.74, 6) is 1.19. The Kier molecular flexibility index (Phi) is 4.47. The SMILES string of the molecule is CCc1[nH]nc(-c2ccc(OC)cc2OC)c1NC(C)=O. The van der Waals surface area contributed by atoms with E-state index in [-0.39, 0.29) is 5.91 Å². The minimum absolute atomic E-state index is 0.139. The summed E-state index contributed by atoms with van der Waals surface area (Å²) in [5, 5.41) is 10.1. The number of rotatable bonds is 5. The molecule has 0 saturated carbocycles. The van der Waals surface area contributed by atoms with E-state index >= 15 is 0 Å². The first-order valence-corrected chi connectivity index (χ1v) is 6.67. The van der Waals surface area contributed by atoms with Crippen LogP contribution in [0.25, 0.3) is 11.3 Å². The number of methoxy groups -OCH3 is 2. The molecule has 0 aliphatic carbocycles. The third-order valence-corrected chi connectivity index (χ3v) is 3.16. The minimum atomic E-state index is -0.139. The number of anilines is 1. The lowest BCUT2D eigenvalue weighted by Gasteiger charge is -2.11. The van der Waals surface area contributed by atoms with Gasteiger partial charge in [-0.1, -0.05) is 6.92 Å². The Hall–Kier alpha value is -2.50. The number of aromatic amines is 1. The van der Waals surface area contributed by atoms with Gasteiger partial charge in [0.05, 0.1) is 25.6 Å². The standard InChI is InChI=1S/C15H19N3O3/c1-5-12-15(16-9(2)19)14(18-17-12)11-7-6-10(20-3)8-13(11)21-4/h6-8H,5H2,1-4H3,(H,16,19)(H,17,18). The first kappa shape index (κ1) is 14.9. The van der Waals surface area contributed by atoms with Gasteiger partial charge in [0.15, 0.2) is 0 Å². The summed E-state index contributed by atoms with van der Waals surface area (Å²) in [6.45, 7) is 3.47. The van der Waals surface area contributed by atoms with Gasteiger partial charge in [0.1, 0.15) is 17.2 Å². The third-order valence-electron chi connectivity index (χ3n) is 3.16. The van der Waals surface area contributed by atoms with E-state index in [0.29, 0.717) is 22.9 Å². The molecule has 21 heavy (non-hydrogen) atoms. The lowest BCUT2D eigenvalue weighted by atomic mass is 10.1. The molecule has 2 aromatic rings. The van der Waals surface area contributed by atoms with Gasteiger partial charge in [-0.25, -0.2) is 0 Å². The van der Waals surface area contributed by atoms with Crippen molar-refractivity contribution in [2.45, 2.75) is 20.3 Å². The molecule has 2 rings (SSSR count). The molecule has 1 amide bonds. The van der Waals surface area contributed by atoms with Crippen LogP contribution in [0.15, 0.2) is 18.2 Å². The second-order valence-corrected chi connectivity index (χ2v) is 4.53. The summed E-state index contributed by atoms with van der Waals surface area (Å²) >= 11 is 0. The van der Waals surface area contributed by atoms with Crippen molar-refractivity contribution >= 4 is 11.6 Å². The molecule has 1 heterocycles. The fraction of sp³-hybridized carbons (Fsp3) is 0.333. The monoisotopic (exact) mass is 289 g/mol. The lowest BCUT2D eigenvalue weighted by Crippen LogP contribution is -2.08. The van der Waals surface area contributed by atoms with Crippen molar-refractivity contribution in [2.75, 3.05) is 19.5 Å². The minimum Gasteiger partial charge on any atom is -0.497 e. The number of carbonyl (C=O) groups excluding carboxylic acids is 1. The zero-order valence-electron chi connectivity index (χ0n) is 12.6. The molecule has 0 aliphatic heterocycles. The van der Waals surface area contributed by atoms with E-state index in [1.165, 1.54) is 6.92 Å². The highest BCUT2D eigenvalue weighted by Gasteiger charge is 2.18. The molecular weight excluding hydrogens is 270 g/mol. The van der Waals surface area contributed by atoms with Crippen LogP contribution in [0.5, 0.6) is 11.5 Å². The number of carbonyl (C=O) groups is 1. The topological polar surface area (TPSA) is 76.2 Å². The molecule has 1 aromatic heterocycles. The number of hydrogen-bond acceptors (Lipinski definition) is 4. The number of ether oxygens (including phenoxy) is 2. The Labute approximate surface area is 123 Å². The number of benzene rings is 1. The van der Waals surface area contributed by atoms with E-state index in [4.69, 9.17) is 9.47 Å². The number of nitrogens with one attached hydrogen (secondary N) is 2. The average Bonchev–Trinajstić information content (AvgIpc) is 2.88. The van der Waals surface area contributed by atoms with Gasteiger partial charge in [-0.2, -0.15) is 5.10 Å². The number of aromatic nitrogens is 2. The van der Waals surface area contributed by atoms with Crippen LogP contribution in [0.1, 0.15) is 19.5 Å². The van der Waals surface area contributed by atoms with Crippen LogP contribution in [-0.2, 0) is 11.2 Å². The van der Waals surface area contributed by atoms with Crippen molar-refractivity contribution in [3.05, 3.63) is 23.9 Å². The van der Waals surface area contributed by atoms with Crippen LogP contribution in [-0.4, -0.2) is 30.3 Å². The molecule has 1 aromatic carbocycles. The molecule has 0 aliphatic rings. The number of aryl methyl sites for hydroxylation is 1. The molecule has 0 unspecified atom stereocenters. The fourth-order valence-corrected chi connectivity index (χ4v) is 2.13. The Bertz CT molecular complexity index is 650. The quantitative estimate of drug-likeness (QED) is 0.887. The van der Waals surface area contributed by atoms with Crippen molar-refractivity contribution in [1.82, 2.24) is 10.2 Å². The maximum Gasteiger partial charge on any atom is 0.221 e. The van der Waals surface area contributed by atoms with Crippen LogP contribution in [0.4, 0.5) is 5.69 Å². The molecule has 6 heteroatoms. The molecular formula is C15H19N3O3. The normalized spacial score (nSPS) is 10.3. The van der Waals surface area contributed by atoms with E-state index in [0.717, 1.165) is 17.7 Å². The average molecular weight is 289 g/mol. The van der Waals surface area contributed by atoms with Gasteiger partial charge in [0.2, 0.25) is 5.91 Å². The highest BCUT2D eigenvalue weighted by molar-refractivity contribution is 5.94. The van der Waals surface area contributed by atoms with Gasteiger partial charge < -0.3 is 14.8 Å². The summed E-state index contributed by atoms with van der Waals surface area (Å²) < 4.78 is 10.6. The second-order valence-electron chi connectivity index (χ2n) is 4.53. The molecule has 0 radical (unpaired) electrons. The molecule has 0 saturated heterocycles. The maximum absolute atomic E-state index is 11.4. The summed E-state index contributed by atoms with van der Waals surface area (Å²) in [6.07, 6.45) is 0.737. The van der Waals surface area contributed by atoms with Crippen LogP contribution >= 0.6 is 0 Å². The van der Waals surface area contributed by atoms with Crippen LogP contribution in [0, 0.1) is 0 Å². The number of hydrogen-bond donors (Lipinski definition) is 2. The van der Waals surface area contributed by atoms with Gasteiger partial charge in [-0.05, 0) is 18.6 Å². The fourth-order valence-electron chi connectivity index (χ4n) is 2.13. The summed E-state index contributed by atoms with van der Waals surface area (Å²) in [7, 11) is 3.19. The van der Waals surface area contributed by atoms with E-state index in [2.05, 4.69) is 15.5 Å². The van der Waals surface area contributed by atoms with Gasteiger partial charge in [0.25, 0.3) is 0 Å². The summed E-state index contributed by atoms with van der Waals surface area (Å²) in [6, 6.07) is 5.47. The van der Waals surface area contributed by atoms with E-state index in [9.17, 15) is 4.79 Å². The van der Waals surface area contributed by atoms with Gasteiger partial charge in [-0.15, -0.1) is 0 Å².